The lowest BCUT2D eigenvalue weighted by Crippen LogP contribution is -2.19. The number of nitrogens with zero attached hydrogens (tertiary/aromatic N) is 3. The Morgan fingerprint density at radius 2 is 0.727 bits per heavy atom. The zero-order valence-electron chi connectivity index (χ0n) is 25.5. The molecule has 5 aromatic carbocycles. The van der Waals surface area contributed by atoms with Crippen LogP contribution < -0.4 is 0 Å². The van der Waals surface area contributed by atoms with Crippen molar-refractivity contribution in [3.63, 3.8) is 0 Å². The van der Waals surface area contributed by atoms with Crippen LogP contribution in [0.5, 0.6) is 0 Å². The van der Waals surface area contributed by atoms with Crippen molar-refractivity contribution in [2.75, 3.05) is 0 Å². The third kappa shape index (κ3) is 4.00. The van der Waals surface area contributed by atoms with E-state index in [1.165, 1.54) is 44.5 Å². The van der Waals surface area contributed by atoms with E-state index in [0.717, 1.165) is 16.7 Å². The minimum atomic E-state index is -0.172. The Kier molecular flexibility index (Phi) is 5.83. The lowest BCUT2D eigenvalue weighted by Gasteiger charge is -2.28. The summed E-state index contributed by atoms with van der Waals surface area (Å²) in [5, 5.41) is 0. The summed E-state index contributed by atoms with van der Waals surface area (Å²) in [5.41, 5.74) is 13.5. The van der Waals surface area contributed by atoms with Gasteiger partial charge in [0.15, 0.2) is 17.5 Å². The zero-order chi connectivity index (χ0) is 30.1. The molecule has 0 radical (unpaired) electrons. The first kappa shape index (κ1) is 26.5. The van der Waals surface area contributed by atoms with Crippen LogP contribution in [0.25, 0.3) is 56.4 Å². The van der Waals surface area contributed by atoms with E-state index >= 15 is 0 Å². The van der Waals surface area contributed by atoms with Crippen molar-refractivity contribution in [3.05, 3.63) is 150 Å². The fraction of sp³-hybridized carbons (Fsp3) is 0.146. The molecule has 3 heteroatoms. The van der Waals surface area contributed by atoms with Crippen molar-refractivity contribution < 1.29 is 0 Å². The smallest absolute Gasteiger partial charge is 0.164 e. The number of rotatable bonds is 4. The third-order valence-electron chi connectivity index (χ3n) is 9.49. The molecule has 0 saturated carbocycles. The summed E-state index contributed by atoms with van der Waals surface area (Å²) in [5.74, 6) is 2.05. The van der Waals surface area contributed by atoms with Gasteiger partial charge >= 0.3 is 0 Å². The van der Waals surface area contributed by atoms with E-state index in [1.54, 1.807) is 0 Å². The van der Waals surface area contributed by atoms with Crippen molar-refractivity contribution in [2.45, 2.75) is 38.5 Å². The maximum atomic E-state index is 5.01. The Labute approximate surface area is 259 Å². The minimum absolute atomic E-state index is 0.117. The van der Waals surface area contributed by atoms with Gasteiger partial charge < -0.3 is 0 Å². The first-order valence-corrected chi connectivity index (χ1v) is 15.3. The monoisotopic (exact) mass is 567 g/mol. The van der Waals surface area contributed by atoms with Crippen molar-refractivity contribution in [2.24, 2.45) is 0 Å². The van der Waals surface area contributed by atoms with Crippen molar-refractivity contribution in [1.29, 1.82) is 0 Å². The predicted molar refractivity (Wildman–Crippen MR) is 181 cm³/mol. The molecule has 2 aliphatic carbocycles. The molecular weight excluding hydrogens is 534 g/mol. The molecule has 8 rings (SSSR count). The highest BCUT2D eigenvalue weighted by Gasteiger charge is 2.49. The van der Waals surface area contributed by atoms with Crippen LogP contribution in [0.1, 0.15) is 49.9 Å². The third-order valence-corrected chi connectivity index (χ3v) is 9.49. The summed E-state index contributed by atoms with van der Waals surface area (Å²) in [6.07, 6.45) is 0. The second-order valence-electron chi connectivity index (χ2n) is 12.9. The van der Waals surface area contributed by atoms with E-state index < -0.39 is 0 Å². The zero-order valence-corrected chi connectivity index (χ0v) is 25.5. The van der Waals surface area contributed by atoms with Gasteiger partial charge in [0.2, 0.25) is 0 Å². The van der Waals surface area contributed by atoms with Crippen LogP contribution in [0.3, 0.4) is 0 Å². The molecule has 3 nitrogen and oxygen atoms in total. The maximum Gasteiger partial charge on any atom is 0.164 e. The summed E-state index contributed by atoms with van der Waals surface area (Å²) in [7, 11) is 0. The Bertz CT molecular complexity index is 2030. The summed E-state index contributed by atoms with van der Waals surface area (Å²) < 4.78 is 0. The molecule has 1 heterocycles. The molecule has 0 fully saturated rings. The Hall–Kier alpha value is -5.15. The van der Waals surface area contributed by atoms with Gasteiger partial charge in [-0.1, -0.05) is 143 Å². The van der Waals surface area contributed by atoms with E-state index in [0.29, 0.717) is 17.5 Å². The van der Waals surface area contributed by atoms with Crippen molar-refractivity contribution >= 4 is 11.1 Å². The second kappa shape index (κ2) is 9.68. The highest BCUT2D eigenvalue weighted by molar-refractivity contribution is 6.10. The number of hydrogen-bond donors (Lipinski definition) is 0. The lowest BCUT2D eigenvalue weighted by atomic mass is 9.75. The Balaban J connectivity index is 1.25. The van der Waals surface area contributed by atoms with Gasteiger partial charge in [-0.05, 0) is 56.7 Å². The van der Waals surface area contributed by atoms with E-state index in [9.17, 15) is 0 Å². The van der Waals surface area contributed by atoms with Crippen LogP contribution >= 0.6 is 0 Å². The fourth-order valence-electron chi connectivity index (χ4n) is 7.28. The molecule has 0 aliphatic heterocycles. The number of benzene rings is 5. The molecule has 0 atom stereocenters. The van der Waals surface area contributed by atoms with E-state index in [4.69, 9.17) is 15.0 Å². The van der Waals surface area contributed by atoms with Gasteiger partial charge in [-0.3, -0.25) is 0 Å². The number of aromatic nitrogens is 3. The van der Waals surface area contributed by atoms with Crippen LogP contribution in [0.4, 0.5) is 0 Å². The molecule has 0 saturated heterocycles. The lowest BCUT2D eigenvalue weighted by molar-refractivity contribution is 0.694. The summed E-state index contributed by atoms with van der Waals surface area (Å²) in [6.45, 7) is 9.50. The van der Waals surface area contributed by atoms with Gasteiger partial charge in [-0.2, -0.15) is 0 Å². The average Bonchev–Trinajstić information content (AvgIpc) is 3.46. The summed E-state index contributed by atoms with van der Waals surface area (Å²) >= 11 is 0. The largest absolute Gasteiger partial charge is 0.208 e. The quantitative estimate of drug-likeness (QED) is 0.213. The SMILES string of the molecule is CC1(C)C2=C(c3ccc(-c4ccccc4)cc31)C(C)(C)c1cc(-c3nc(-c4ccccc4)nc(-c4ccccc4)n3)ccc12. The molecule has 2 aliphatic rings. The molecule has 1 aromatic heterocycles. The van der Waals surface area contributed by atoms with Crippen LogP contribution in [0.2, 0.25) is 0 Å². The molecule has 44 heavy (non-hydrogen) atoms. The van der Waals surface area contributed by atoms with Crippen molar-refractivity contribution in [3.8, 4) is 45.3 Å². The molecule has 0 spiro atoms. The summed E-state index contributed by atoms with van der Waals surface area (Å²) in [4.78, 5) is 14.9. The normalized spacial score (nSPS) is 15.5. The minimum Gasteiger partial charge on any atom is -0.208 e. The Morgan fingerprint density at radius 1 is 0.364 bits per heavy atom. The highest BCUT2D eigenvalue weighted by Crippen LogP contribution is 2.63. The standard InChI is InChI=1S/C41H33N3/c1-40(2)33-24-29(26-14-8-5-9-15-26)20-22-31(33)35-36(40)32-23-21-30(25-34(32)41(35,3)4)39-43-37(27-16-10-6-11-17-27)42-38(44-39)28-18-12-7-13-19-28/h5-25H,1-4H3. The van der Waals surface area contributed by atoms with Gasteiger partial charge in [0.1, 0.15) is 0 Å². The van der Waals surface area contributed by atoms with Gasteiger partial charge in [0, 0.05) is 27.5 Å². The van der Waals surface area contributed by atoms with Crippen LogP contribution in [-0.4, -0.2) is 15.0 Å². The van der Waals surface area contributed by atoms with E-state index in [2.05, 4.69) is 119 Å². The molecule has 0 amide bonds. The number of hydrogen-bond acceptors (Lipinski definition) is 3. The number of allylic oxidation sites excluding steroid dienone is 2. The van der Waals surface area contributed by atoms with Crippen LogP contribution in [0, 0.1) is 0 Å². The van der Waals surface area contributed by atoms with Gasteiger partial charge in [0.05, 0.1) is 0 Å². The van der Waals surface area contributed by atoms with Gasteiger partial charge in [-0.15, -0.1) is 0 Å². The van der Waals surface area contributed by atoms with Crippen LogP contribution in [-0.2, 0) is 10.8 Å². The average molecular weight is 568 g/mol. The molecular formula is C41H33N3. The highest BCUT2D eigenvalue weighted by atomic mass is 15.0. The number of fused-ring (bicyclic) bond motifs is 4. The first-order chi connectivity index (χ1) is 21.3. The first-order valence-electron chi connectivity index (χ1n) is 15.3. The summed E-state index contributed by atoms with van der Waals surface area (Å²) in [6, 6.07) is 44.9. The fourth-order valence-corrected chi connectivity index (χ4v) is 7.28. The topological polar surface area (TPSA) is 38.7 Å². The molecule has 0 N–H and O–H groups in total. The molecule has 0 bridgehead atoms. The molecule has 6 aromatic rings. The van der Waals surface area contributed by atoms with E-state index in [1.807, 2.05) is 36.4 Å². The predicted octanol–water partition coefficient (Wildman–Crippen LogP) is 10.0. The van der Waals surface area contributed by atoms with Gasteiger partial charge in [0.25, 0.3) is 0 Å². The molecule has 0 unspecified atom stereocenters. The Morgan fingerprint density at radius 3 is 1.18 bits per heavy atom. The second-order valence-corrected chi connectivity index (χ2v) is 12.9. The molecule has 212 valence electrons. The van der Waals surface area contributed by atoms with Crippen LogP contribution in [0.15, 0.2) is 127 Å². The maximum absolute atomic E-state index is 5.01. The van der Waals surface area contributed by atoms with Gasteiger partial charge in [-0.25, -0.2) is 15.0 Å². The van der Waals surface area contributed by atoms with Crippen molar-refractivity contribution in [1.82, 2.24) is 15.0 Å². The van der Waals surface area contributed by atoms with E-state index in [-0.39, 0.29) is 10.8 Å².